The van der Waals surface area contributed by atoms with E-state index in [9.17, 15) is 14.4 Å². The van der Waals surface area contributed by atoms with Gasteiger partial charge in [-0.25, -0.2) is 4.79 Å². The number of aromatic nitrogens is 3. The molecule has 0 aliphatic carbocycles. The summed E-state index contributed by atoms with van der Waals surface area (Å²) in [4.78, 5) is 36.6. The topological polar surface area (TPSA) is 115 Å². The number of carbonyl (C=O) groups excluding carboxylic acids is 3. The number of rotatable bonds is 10. The number of thioether (sulfide) groups is 1. The van der Waals surface area contributed by atoms with Crippen molar-refractivity contribution >= 4 is 46.8 Å². The lowest BCUT2D eigenvalue weighted by atomic mass is 10.2. The standard InChI is InChI=1S/C24H24ClN5O4S/c1-4-13-30-21(15(2)26-22(32)18-7-5-6-8-19(18)25)28-29-24(30)35-14-20(31)27-17-11-9-16(10-12-17)23(33)34-3/h4-12,15H,1,13-14H2,2-3H3,(H,26,32)(H,27,31)/t15-/m0/s1. The van der Waals surface area contributed by atoms with E-state index in [4.69, 9.17) is 11.6 Å². The van der Waals surface area contributed by atoms with Gasteiger partial charge in [-0.15, -0.1) is 16.8 Å². The number of anilines is 1. The Kier molecular flexibility index (Phi) is 9.04. The number of esters is 1. The molecule has 3 rings (SSSR count). The van der Waals surface area contributed by atoms with E-state index in [0.29, 0.717) is 39.4 Å². The van der Waals surface area contributed by atoms with Crippen molar-refractivity contribution in [1.82, 2.24) is 20.1 Å². The molecule has 0 aliphatic rings. The first-order chi connectivity index (χ1) is 16.8. The summed E-state index contributed by atoms with van der Waals surface area (Å²) in [5.41, 5.74) is 1.30. The lowest BCUT2D eigenvalue weighted by molar-refractivity contribution is -0.113. The lowest BCUT2D eigenvalue weighted by Gasteiger charge is -2.15. The van der Waals surface area contributed by atoms with Gasteiger partial charge in [-0.1, -0.05) is 41.6 Å². The number of ether oxygens (including phenoxy) is 1. The second-order valence-corrected chi connectivity index (χ2v) is 8.67. The largest absolute Gasteiger partial charge is 0.465 e. The van der Waals surface area contributed by atoms with Gasteiger partial charge >= 0.3 is 5.97 Å². The van der Waals surface area contributed by atoms with Crippen LogP contribution < -0.4 is 10.6 Å². The van der Waals surface area contributed by atoms with E-state index in [0.717, 1.165) is 0 Å². The van der Waals surface area contributed by atoms with Gasteiger partial charge in [0, 0.05) is 12.2 Å². The molecule has 2 aromatic carbocycles. The average Bonchev–Trinajstić information content (AvgIpc) is 3.25. The second kappa shape index (κ2) is 12.2. The molecule has 11 heteroatoms. The first kappa shape index (κ1) is 26.0. The fourth-order valence-electron chi connectivity index (χ4n) is 3.15. The summed E-state index contributed by atoms with van der Waals surface area (Å²) in [5.74, 6) is -0.438. The minimum absolute atomic E-state index is 0.0778. The van der Waals surface area contributed by atoms with Crippen LogP contribution in [0.25, 0.3) is 0 Å². The van der Waals surface area contributed by atoms with Gasteiger partial charge in [-0.2, -0.15) is 0 Å². The average molecular weight is 514 g/mol. The Morgan fingerprint density at radius 1 is 1.17 bits per heavy atom. The molecule has 1 heterocycles. The number of halogens is 1. The monoisotopic (exact) mass is 513 g/mol. The summed E-state index contributed by atoms with van der Waals surface area (Å²) in [6.07, 6.45) is 1.68. The van der Waals surface area contributed by atoms with Crippen molar-refractivity contribution in [3.8, 4) is 0 Å². The highest BCUT2D eigenvalue weighted by molar-refractivity contribution is 7.99. The number of carbonyl (C=O) groups is 3. The van der Waals surface area contributed by atoms with Gasteiger partial charge in [-0.3, -0.25) is 9.59 Å². The van der Waals surface area contributed by atoms with Gasteiger partial charge in [-0.05, 0) is 43.3 Å². The van der Waals surface area contributed by atoms with Crippen molar-refractivity contribution in [2.75, 3.05) is 18.2 Å². The van der Waals surface area contributed by atoms with Crippen LogP contribution in [0.4, 0.5) is 5.69 Å². The third kappa shape index (κ3) is 6.71. The Hall–Kier alpha value is -3.63. The van der Waals surface area contributed by atoms with E-state index in [-0.39, 0.29) is 17.6 Å². The number of allylic oxidation sites excluding steroid dienone is 1. The Morgan fingerprint density at radius 2 is 1.89 bits per heavy atom. The third-order valence-electron chi connectivity index (χ3n) is 4.83. The van der Waals surface area contributed by atoms with Crippen molar-refractivity contribution in [2.24, 2.45) is 0 Å². The molecule has 2 N–H and O–H groups in total. The quantitative estimate of drug-likeness (QED) is 0.238. The molecule has 2 amide bonds. The molecule has 0 bridgehead atoms. The molecule has 0 radical (unpaired) electrons. The van der Waals surface area contributed by atoms with Crippen LogP contribution in [0, 0.1) is 0 Å². The maximum atomic E-state index is 12.6. The van der Waals surface area contributed by atoms with E-state index in [2.05, 4.69) is 32.1 Å². The van der Waals surface area contributed by atoms with Gasteiger partial charge < -0.3 is 19.9 Å². The van der Waals surface area contributed by atoms with E-state index >= 15 is 0 Å². The molecule has 0 unspecified atom stereocenters. The lowest BCUT2D eigenvalue weighted by Crippen LogP contribution is -2.29. The summed E-state index contributed by atoms with van der Waals surface area (Å²) < 4.78 is 6.45. The molecule has 35 heavy (non-hydrogen) atoms. The molecule has 9 nitrogen and oxygen atoms in total. The summed E-state index contributed by atoms with van der Waals surface area (Å²) in [6, 6.07) is 12.7. The summed E-state index contributed by atoms with van der Waals surface area (Å²) in [5, 5.41) is 14.9. The number of nitrogens with one attached hydrogen (secondary N) is 2. The van der Waals surface area contributed by atoms with Crippen molar-refractivity contribution in [3.05, 3.63) is 83.2 Å². The highest BCUT2D eigenvalue weighted by atomic mass is 35.5. The van der Waals surface area contributed by atoms with Crippen LogP contribution in [-0.4, -0.2) is 45.4 Å². The molecule has 0 saturated carbocycles. The van der Waals surface area contributed by atoms with Crippen LogP contribution in [0.5, 0.6) is 0 Å². The fourth-order valence-corrected chi connectivity index (χ4v) is 4.12. The number of hydrogen-bond acceptors (Lipinski definition) is 7. The zero-order valence-corrected chi connectivity index (χ0v) is 20.7. The molecular formula is C24H24ClN5O4S. The molecule has 182 valence electrons. The zero-order valence-electron chi connectivity index (χ0n) is 19.2. The predicted molar refractivity (Wildman–Crippen MR) is 135 cm³/mol. The van der Waals surface area contributed by atoms with E-state index < -0.39 is 12.0 Å². The number of methoxy groups -OCH3 is 1. The number of amides is 2. The number of nitrogens with zero attached hydrogens (tertiary/aromatic N) is 3. The van der Waals surface area contributed by atoms with E-state index in [1.807, 2.05) is 0 Å². The Morgan fingerprint density at radius 3 is 2.54 bits per heavy atom. The Labute approximate surface area is 211 Å². The van der Waals surface area contributed by atoms with Gasteiger partial charge in [0.25, 0.3) is 5.91 Å². The van der Waals surface area contributed by atoms with Crippen molar-refractivity contribution in [2.45, 2.75) is 24.7 Å². The molecule has 1 aromatic heterocycles. The predicted octanol–water partition coefficient (Wildman–Crippen LogP) is 4.13. The van der Waals surface area contributed by atoms with Gasteiger partial charge in [0.2, 0.25) is 5.91 Å². The zero-order chi connectivity index (χ0) is 25.4. The molecule has 1 atom stereocenters. The maximum absolute atomic E-state index is 12.6. The van der Waals surface area contributed by atoms with Crippen LogP contribution in [0.15, 0.2) is 66.3 Å². The van der Waals surface area contributed by atoms with Gasteiger partial charge in [0.1, 0.15) is 0 Å². The normalized spacial score (nSPS) is 11.4. The van der Waals surface area contributed by atoms with Crippen LogP contribution >= 0.6 is 23.4 Å². The molecule has 0 saturated heterocycles. The smallest absolute Gasteiger partial charge is 0.337 e. The number of benzene rings is 2. The summed E-state index contributed by atoms with van der Waals surface area (Å²) in [7, 11) is 1.30. The van der Waals surface area contributed by atoms with Crippen LogP contribution in [-0.2, 0) is 16.1 Å². The molecule has 0 aliphatic heterocycles. The summed E-state index contributed by atoms with van der Waals surface area (Å²) >= 11 is 7.33. The highest BCUT2D eigenvalue weighted by Gasteiger charge is 2.21. The first-order valence-corrected chi connectivity index (χ1v) is 11.9. The minimum Gasteiger partial charge on any atom is -0.465 e. The number of hydrogen-bond donors (Lipinski definition) is 2. The van der Waals surface area contributed by atoms with E-state index in [1.54, 1.807) is 66.1 Å². The highest BCUT2D eigenvalue weighted by Crippen LogP contribution is 2.22. The van der Waals surface area contributed by atoms with Gasteiger partial charge in [0.05, 0.1) is 35.1 Å². The summed E-state index contributed by atoms with van der Waals surface area (Å²) in [6.45, 7) is 5.96. The van der Waals surface area contributed by atoms with Crippen molar-refractivity contribution in [3.63, 3.8) is 0 Å². The molecule has 0 spiro atoms. The minimum atomic E-state index is -0.470. The van der Waals surface area contributed by atoms with Gasteiger partial charge in [0.15, 0.2) is 11.0 Å². The van der Waals surface area contributed by atoms with E-state index in [1.165, 1.54) is 18.9 Å². The van der Waals surface area contributed by atoms with Crippen molar-refractivity contribution < 1.29 is 19.1 Å². The van der Waals surface area contributed by atoms with Crippen LogP contribution in [0.2, 0.25) is 5.02 Å². The Bertz CT molecular complexity index is 1230. The molecule has 3 aromatic rings. The fraction of sp³-hybridized carbons (Fsp3) is 0.208. The van der Waals surface area contributed by atoms with Crippen molar-refractivity contribution in [1.29, 1.82) is 0 Å². The van der Waals surface area contributed by atoms with Crippen LogP contribution in [0.3, 0.4) is 0 Å². The van der Waals surface area contributed by atoms with Crippen LogP contribution in [0.1, 0.15) is 39.5 Å². The first-order valence-electron chi connectivity index (χ1n) is 10.5. The SMILES string of the molecule is C=CCn1c(SCC(=O)Nc2ccc(C(=O)OC)cc2)nnc1[C@H](C)NC(=O)c1ccccc1Cl. The Balaban J connectivity index is 1.64. The molecular weight excluding hydrogens is 490 g/mol. The maximum Gasteiger partial charge on any atom is 0.337 e. The molecule has 0 fully saturated rings. The third-order valence-corrected chi connectivity index (χ3v) is 6.13. The second-order valence-electron chi connectivity index (χ2n) is 7.32.